The third-order valence-electron chi connectivity index (χ3n) is 7.75. The Morgan fingerprint density at radius 2 is 1.82 bits per heavy atom. The Balaban J connectivity index is 1.36. The lowest BCUT2D eigenvalue weighted by atomic mass is 10.1. The lowest BCUT2D eigenvalue weighted by Gasteiger charge is -2.17. The number of pyridine rings is 2. The number of aromatic nitrogens is 4. The van der Waals surface area contributed by atoms with E-state index in [1.807, 2.05) is 19.2 Å². The van der Waals surface area contributed by atoms with Crippen LogP contribution in [0.3, 0.4) is 0 Å². The molecule has 3 aromatic heterocycles. The van der Waals surface area contributed by atoms with Gasteiger partial charge in [-0.2, -0.15) is 5.10 Å². The number of nitrogens with one attached hydrogen (secondary N) is 2. The highest BCUT2D eigenvalue weighted by atomic mass is 31.2. The number of amides is 1. The Morgan fingerprint density at radius 1 is 1.10 bits per heavy atom. The van der Waals surface area contributed by atoms with Crippen molar-refractivity contribution in [3.8, 4) is 17.0 Å². The summed E-state index contributed by atoms with van der Waals surface area (Å²) in [6.07, 6.45) is 9.27. The number of carbonyl (C=O) groups is 2. The average molecular weight is 549 g/mol. The highest BCUT2D eigenvalue weighted by Crippen LogP contribution is 2.69. The summed E-state index contributed by atoms with van der Waals surface area (Å²) < 4.78 is 21.7. The molecule has 3 fully saturated rings. The summed E-state index contributed by atoms with van der Waals surface area (Å²) in [5, 5.41) is 10.8. The van der Waals surface area contributed by atoms with Gasteiger partial charge in [-0.25, -0.2) is 9.97 Å². The smallest absolute Gasteiger partial charge is 0.228 e. The molecule has 3 aliphatic rings. The Hall–Kier alpha value is -3.52. The van der Waals surface area contributed by atoms with Crippen molar-refractivity contribution < 1.29 is 18.9 Å². The number of rotatable bonds is 11. The minimum atomic E-state index is -2.51. The molecule has 39 heavy (non-hydrogen) atoms. The zero-order valence-electron chi connectivity index (χ0n) is 22.4. The average Bonchev–Trinajstić information content (AvgIpc) is 3.77. The van der Waals surface area contributed by atoms with Gasteiger partial charge in [0.05, 0.1) is 29.5 Å². The number of anilines is 3. The molecule has 11 heteroatoms. The molecule has 3 aromatic rings. The summed E-state index contributed by atoms with van der Waals surface area (Å²) >= 11 is 0. The van der Waals surface area contributed by atoms with Gasteiger partial charge in [0.25, 0.3) is 0 Å². The minimum Gasteiger partial charge on any atom is -0.492 e. The van der Waals surface area contributed by atoms with Gasteiger partial charge in [-0.05, 0) is 50.7 Å². The van der Waals surface area contributed by atoms with Crippen LogP contribution in [-0.4, -0.2) is 49.9 Å². The highest BCUT2D eigenvalue weighted by molar-refractivity contribution is 7.73. The molecule has 10 nitrogen and oxygen atoms in total. The predicted molar refractivity (Wildman–Crippen MR) is 150 cm³/mol. The number of carbonyl (C=O) groups excluding carboxylic acids is 2. The third kappa shape index (κ3) is 4.86. The lowest BCUT2D eigenvalue weighted by Crippen LogP contribution is -2.20. The number of ether oxygens (including phenoxy) is 1. The summed E-state index contributed by atoms with van der Waals surface area (Å²) in [7, 11) is 0.905. The van der Waals surface area contributed by atoms with Gasteiger partial charge in [-0.15, -0.1) is 0 Å². The number of methoxy groups -OCH3 is 1. The topological polar surface area (TPSA) is 128 Å². The van der Waals surface area contributed by atoms with Gasteiger partial charge in [0, 0.05) is 54.7 Å². The van der Waals surface area contributed by atoms with Crippen LogP contribution in [0.4, 0.5) is 17.3 Å². The number of Topliss-reactive ketones (excluding diaryl/α,β-unsaturated/α-hetero) is 1. The summed E-state index contributed by atoms with van der Waals surface area (Å²) in [5.41, 5.74) is 3.62. The Kier molecular flexibility index (Phi) is 6.53. The van der Waals surface area contributed by atoms with E-state index in [4.69, 9.17) is 9.84 Å². The highest BCUT2D eigenvalue weighted by Gasteiger charge is 2.53. The first-order valence-corrected chi connectivity index (χ1v) is 15.5. The molecule has 0 saturated heterocycles. The molecule has 1 amide bonds. The van der Waals surface area contributed by atoms with Crippen LogP contribution in [0.5, 0.6) is 5.75 Å². The van der Waals surface area contributed by atoms with E-state index >= 15 is 0 Å². The van der Waals surface area contributed by atoms with Crippen LogP contribution in [0.15, 0.2) is 30.6 Å². The molecule has 3 heterocycles. The molecular weight excluding hydrogens is 515 g/mol. The van der Waals surface area contributed by atoms with E-state index < -0.39 is 7.14 Å². The van der Waals surface area contributed by atoms with Crippen molar-refractivity contribution in [2.45, 2.75) is 63.2 Å². The molecular formula is C28H33N6O4P. The second-order valence-electron chi connectivity index (χ2n) is 10.7. The number of hydrogen-bond donors (Lipinski definition) is 2. The Bertz CT molecular complexity index is 1490. The van der Waals surface area contributed by atoms with Gasteiger partial charge in [0.15, 0.2) is 17.4 Å². The van der Waals surface area contributed by atoms with E-state index in [-0.39, 0.29) is 28.9 Å². The molecule has 3 saturated carbocycles. The molecule has 2 N–H and O–H groups in total. The van der Waals surface area contributed by atoms with Gasteiger partial charge in [0.2, 0.25) is 5.91 Å². The van der Waals surface area contributed by atoms with Crippen LogP contribution in [0.25, 0.3) is 11.3 Å². The van der Waals surface area contributed by atoms with Crippen molar-refractivity contribution in [3.63, 3.8) is 0 Å². The quantitative estimate of drug-likeness (QED) is 0.256. The molecule has 204 valence electrons. The maximum atomic E-state index is 14.2. The maximum absolute atomic E-state index is 14.2. The van der Waals surface area contributed by atoms with Crippen LogP contribution in [0, 0.1) is 5.92 Å². The second kappa shape index (κ2) is 9.90. The molecule has 0 radical (unpaired) electrons. The maximum Gasteiger partial charge on any atom is 0.228 e. The van der Waals surface area contributed by atoms with Crippen LogP contribution in [-0.2, 0) is 16.4 Å². The van der Waals surface area contributed by atoms with E-state index in [0.29, 0.717) is 46.3 Å². The Labute approximate surface area is 227 Å². The molecule has 0 spiro atoms. The molecule has 0 aromatic carbocycles. The summed E-state index contributed by atoms with van der Waals surface area (Å²) in [4.78, 5) is 33.8. The summed E-state index contributed by atoms with van der Waals surface area (Å²) in [5.74, 6) is 1.07. The number of ketones is 1. The first kappa shape index (κ1) is 25.7. The third-order valence-corrected chi connectivity index (χ3v) is 12.1. The number of hydrogen-bond acceptors (Lipinski definition) is 8. The van der Waals surface area contributed by atoms with E-state index in [1.165, 1.54) is 6.20 Å². The van der Waals surface area contributed by atoms with Gasteiger partial charge < -0.3 is 19.9 Å². The van der Waals surface area contributed by atoms with Crippen molar-refractivity contribution in [2.24, 2.45) is 13.0 Å². The van der Waals surface area contributed by atoms with Crippen LogP contribution >= 0.6 is 7.14 Å². The standard InChI is InChI=1S/C28H33N6O4P/c1-4-23(35)20-15-30-24(32-28(36)16-5-6-16)13-21(20)31-27-26(38-3)19(11-12-29-27)22-14-25(34(2)33-22)39(37,17-7-8-17)18-9-10-18/h11-18H,4-10H2,1-3H3,(H2,29,30,31,32,36). The van der Waals surface area contributed by atoms with E-state index in [1.54, 1.807) is 31.0 Å². The van der Waals surface area contributed by atoms with Gasteiger partial charge >= 0.3 is 0 Å². The van der Waals surface area contributed by atoms with Crippen molar-refractivity contribution in [1.29, 1.82) is 0 Å². The minimum absolute atomic E-state index is 0.0250. The second-order valence-corrected chi connectivity index (χ2v) is 14.0. The first-order chi connectivity index (χ1) is 18.8. The molecule has 6 rings (SSSR count). The molecule has 0 aliphatic heterocycles. The zero-order valence-corrected chi connectivity index (χ0v) is 23.3. The van der Waals surface area contributed by atoms with Crippen molar-refractivity contribution >= 4 is 41.6 Å². The monoisotopic (exact) mass is 548 g/mol. The van der Waals surface area contributed by atoms with Gasteiger partial charge in [-0.1, -0.05) is 6.92 Å². The molecule has 0 bridgehead atoms. The number of nitrogens with zero attached hydrogens (tertiary/aromatic N) is 4. The van der Waals surface area contributed by atoms with Crippen LogP contribution in [0.1, 0.15) is 62.2 Å². The van der Waals surface area contributed by atoms with Gasteiger partial charge in [-0.3, -0.25) is 14.3 Å². The normalized spacial score (nSPS) is 17.1. The molecule has 3 aliphatic carbocycles. The van der Waals surface area contributed by atoms with Crippen LogP contribution < -0.4 is 20.8 Å². The fourth-order valence-corrected chi connectivity index (χ4v) is 9.19. The lowest BCUT2D eigenvalue weighted by molar-refractivity contribution is -0.117. The largest absolute Gasteiger partial charge is 0.492 e. The SMILES string of the molecule is CCC(=O)c1cnc(NC(=O)C2CC2)cc1Nc1nccc(-c2cc(P(=O)(C3CC3)C3CC3)n(C)n2)c1OC. The summed E-state index contributed by atoms with van der Waals surface area (Å²) in [6, 6.07) is 5.42. The molecule has 0 unspecified atom stereocenters. The first-order valence-electron chi connectivity index (χ1n) is 13.6. The van der Waals surface area contributed by atoms with Crippen LogP contribution in [0.2, 0.25) is 0 Å². The van der Waals surface area contributed by atoms with Crippen molar-refractivity contribution in [3.05, 3.63) is 36.2 Å². The van der Waals surface area contributed by atoms with E-state index in [9.17, 15) is 14.2 Å². The van der Waals surface area contributed by atoms with E-state index in [2.05, 4.69) is 20.6 Å². The Morgan fingerprint density at radius 3 is 2.44 bits per heavy atom. The van der Waals surface area contributed by atoms with E-state index in [0.717, 1.165) is 44.0 Å². The zero-order chi connectivity index (χ0) is 27.3. The fraction of sp³-hybridized carbons (Fsp3) is 0.464. The van der Waals surface area contributed by atoms with Crippen molar-refractivity contribution in [1.82, 2.24) is 19.7 Å². The van der Waals surface area contributed by atoms with Crippen molar-refractivity contribution in [2.75, 3.05) is 17.7 Å². The summed E-state index contributed by atoms with van der Waals surface area (Å²) in [6.45, 7) is 1.79. The predicted octanol–water partition coefficient (Wildman–Crippen LogP) is 4.88. The fourth-order valence-electron chi connectivity index (χ4n) is 5.19. The molecule has 0 atom stereocenters. The number of aryl methyl sites for hydroxylation is 1. The van der Waals surface area contributed by atoms with Gasteiger partial charge in [0.1, 0.15) is 13.0 Å².